The van der Waals surface area contributed by atoms with Crippen molar-refractivity contribution in [2.45, 2.75) is 6.92 Å². The molecule has 0 unspecified atom stereocenters. The number of hydrogen-bond acceptors (Lipinski definition) is 2. The van der Waals surface area contributed by atoms with Crippen LogP contribution in [0, 0.1) is 18.3 Å². The van der Waals surface area contributed by atoms with Gasteiger partial charge in [0.15, 0.2) is 0 Å². The molecule has 0 atom stereocenters. The van der Waals surface area contributed by atoms with Crippen molar-refractivity contribution in [3.8, 4) is 6.07 Å². The molecule has 0 saturated heterocycles. The molecular formula is C15H10Cl2N2O. The van der Waals surface area contributed by atoms with Gasteiger partial charge in [0.25, 0.3) is 5.91 Å². The summed E-state index contributed by atoms with van der Waals surface area (Å²) in [4.78, 5) is 12.2. The van der Waals surface area contributed by atoms with E-state index >= 15 is 0 Å². The van der Waals surface area contributed by atoms with Crippen LogP contribution in [-0.2, 0) is 0 Å². The molecule has 1 amide bonds. The van der Waals surface area contributed by atoms with Crippen LogP contribution in [0.1, 0.15) is 21.5 Å². The van der Waals surface area contributed by atoms with Crippen molar-refractivity contribution in [3.05, 3.63) is 63.1 Å². The second kappa shape index (κ2) is 5.96. The maximum absolute atomic E-state index is 12.2. The number of amides is 1. The van der Waals surface area contributed by atoms with Crippen LogP contribution in [0.3, 0.4) is 0 Å². The van der Waals surface area contributed by atoms with Crippen LogP contribution < -0.4 is 5.32 Å². The molecule has 1 N–H and O–H groups in total. The van der Waals surface area contributed by atoms with E-state index in [-0.39, 0.29) is 5.91 Å². The van der Waals surface area contributed by atoms with Gasteiger partial charge < -0.3 is 5.32 Å². The predicted octanol–water partition coefficient (Wildman–Crippen LogP) is 4.43. The average molecular weight is 305 g/mol. The van der Waals surface area contributed by atoms with Gasteiger partial charge in [-0.05, 0) is 36.8 Å². The first-order chi connectivity index (χ1) is 9.52. The minimum absolute atomic E-state index is 0.339. The molecule has 0 aliphatic rings. The molecule has 5 heteroatoms. The van der Waals surface area contributed by atoms with Gasteiger partial charge in [-0.15, -0.1) is 0 Å². The Morgan fingerprint density at radius 3 is 2.70 bits per heavy atom. The zero-order chi connectivity index (χ0) is 14.7. The Hall–Kier alpha value is -2.02. The fourth-order valence-electron chi connectivity index (χ4n) is 1.73. The number of carbonyl (C=O) groups is 1. The standard InChI is InChI=1S/C15H10Cl2N2O/c1-9-3-2-4-12(14(9)17)15(20)19-13-7-11(16)6-5-10(13)8-18/h2-7H,1H3,(H,19,20). The lowest BCUT2D eigenvalue weighted by Crippen LogP contribution is -2.13. The van der Waals surface area contributed by atoms with Gasteiger partial charge in [-0.2, -0.15) is 5.26 Å². The molecule has 0 bridgehead atoms. The Morgan fingerprint density at radius 1 is 1.25 bits per heavy atom. The molecule has 20 heavy (non-hydrogen) atoms. The Bertz CT molecular complexity index is 720. The highest BCUT2D eigenvalue weighted by molar-refractivity contribution is 6.35. The second-order valence-electron chi connectivity index (χ2n) is 4.19. The summed E-state index contributed by atoms with van der Waals surface area (Å²) in [5.41, 5.74) is 1.87. The lowest BCUT2D eigenvalue weighted by molar-refractivity contribution is 0.102. The van der Waals surface area contributed by atoms with Crippen molar-refractivity contribution in [2.24, 2.45) is 0 Å². The molecule has 0 aromatic heterocycles. The fourth-order valence-corrected chi connectivity index (χ4v) is 2.11. The van der Waals surface area contributed by atoms with Gasteiger partial charge in [0.1, 0.15) is 6.07 Å². The van der Waals surface area contributed by atoms with Crippen molar-refractivity contribution >= 4 is 34.8 Å². The van der Waals surface area contributed by atoms with Gasteiger partial charge >= 0.3 is 0 Å². The number of benzene rings is 2. The summed E-state index contributed by atoms with van der Waals surface area (Å²) >= 11 is 12.0. The number of nitriles is 1. The van der Waals surface area contributed by atoms with Crippen molar-refractivity contribution in [3.63, 3.8) is 0 Å². The summed E-state index contributed by atoms with van der Waals surface area (Å²) in [6.07, 6.45) is 0. The number of hydrogen-bond donors (Lipinski definition) is 1. The van der Waals surface area contributed by atoms with Gasteiger partial charge in [-0.3, -0.25) is 4.79 Å². The smallest absolute Gasteiger partial charge is 0.257 e. The molecule has 0 fully saturated rings. The van der Waals surface area contributed by atoms with Crippen LogP contribution in [0.4, 0.5) is 5.69 Å². The quantitative estimate of drug-likeness (QED) is 0.892. The van der Waals surface area contributed by atoms with Gasteiger partial charge in [0, 0.05) is 5.02 Å². The summed E-state index contributed by atoms with van der Waals surface area (Å²) in [7, 11) is 0. The first kappa shape index (κ1) is 14.4. The van der Waals surface area contributed by atoms with Crippen LogP contribution >= 0.6 is 23.2 Å². The van der Waals surface area contributed by atoms with Gasteiger partial charge in [-0.1, -0.05) is 35.3 Å². The van der Waals surface area contributed by atoms with Crippen molar-refractivity contribution < 1.29 is 4.79 Å². The van der Waals surface area contributed by atoms with E-state index in [2.05, 4.69) is 5.32 Å². The van der Waals surface area contributed by atoms with E-state index in [1.807, 2.05) is 19.1 Å². The minimum atomic E-state index is -0.377. The Kier molecular flexibility index (Phi) is 4.29. The third kappa shape index (κ3) is 2.93. The highest BCUT2D eigenvalue weighted by Gasteiger charge is 2.13. The van der Waals surface area contributed by atoms with Gasteiger partial charge in [0.05, 0.1) is 21.8 Å². The van der Waals surface area contributed by atoms with Crippen LogP contribution in [0.25, 0.3) is 0 Å². The molecule has 3 nitrogen and oxygen atoms in total. The Balaban J connectivity index is 2.35. The van der Waals surface area contributed by atoms with E-state index in [9.17, 15) is 4.79 Å². The van der Waals surface area contributed by atoms with Crippen molar-refractivity contribution in [2.75, 3.05) is 5.32 Å². The van der Waals surface area contributed by atoms with Crippen LogP contribution in [0.15, 0.2) is 36.4 Å². The number of aryl methyl sites for hydroxylation is 1. The largest absolute Gasteiger partial charge is 0.321 e. The number of nitrogens with zero attached hydrogens (tertiary/aromatic N) is 1. The first-order valence-electron chi connectivity index (χ1n) is 5.79. The van der Waals surface area contributed by atoms with Crippen molar-refractivity contribution in [1.82, 2.24) is 0 Å². The topological polar surface area (TPSA) is 52.9 Å². The van der Waals surface area contributed by atoms with Gasteiger partial charge in [0.2, 0.25) is 0 Å². The lowest BCUT2D eigenvalue weighted by atomic mass is 10.1. The maximum Gasteiger partial charge on any atom is 0.257 e. The molecule has 0 aliphatic carbocycles. The number of rotatable bonds is 2. The van der Waals surface area contributed by atoms with E-state index in [0.717, 1.165) is 5.56 Å². The summed E-state index contributed by atoms with van der Waals surface area (Å²) < 4.78 is 0. The summed E-state index contributed by atoms with van der Waals surface area (Å²) in [5.74, 6) is -0.377. The van der Waals surface area contributed by atoms with E-state index in [1.54, 1.807) is 24.3 Å². The maximum atomic E-state index is 12.2. The fraction of sp³-hybridized carbons (Fsp3) is 0.0667. The average Bonchev–Trinajstić information content (AvgIpc) is 2.42. The molecule has 0 heterocycles. The minimum Gasteiger partial charge on any atom is -0.321 e. The van der Waals surface area contributed by atoms with Gasteiger partial charge in [-0.25, -0.2) is 0 Å². The lowest BCUT2D eigenvalue weighted by Gasteiger charge is -2.09. The molecule has 2 rings (SSSR count). The number of anilines is 1. The zero-order valence-corrected chi connectivity index (χ0v) is 12.1. The molecule has 2 aromatic rings. The number of carbonyl (C=O) groups excluding carboxylic acids is 1. The second-order valence-corrected chi connectivity index (χ2v) is 5.01. The molecular weight excluding hydrogens is 295 g/mol. The first-order valence-corrected chi connectivity index (χ1v) is 6.54. The highest BCUT2D eigenvalue weighted by Crippen LogP contribution is 2.24. The van der Waals surface area contributed by atoms with Crippen LogP contribution in [-0.4, -0.2) is 5.91 Å². The van der Waals surface area contributed by atoms with E-state index in [0.29, 0.717) is 26.9 Å². The number of nitrogens with one attached hydrogen (secondary N) is 1. The molecule has 0 radical (unpaired) electrons. The molecule has 0 saturated carbocycles. The van der Waals surface area contributed by atoms with Crippen molar-refractivity contribution in [1.29, 1.82) is 5.26 Å². The zero-order valence-electron chi connectivity index (χ0n) is 10.6. The monoisotopic (exact) mass is 304 g/mol. The van der Waals surface area contributed by atoms with E-state index in [4.69, 9.17) is 28.5 Å². The molecule has 0 spiro atoms. The Labute approximate surface area is 126 Å². The predicted molar refractivity (Wildman–Crippen MR) is 80.3 cm³/mol. The van der Waals surface area contributed by atoms with E-state index in [1.165, 1.54) is 6.07 Å². The normalized spacial score (nSPS) is 9.90. The number of halogens is 2. The molecule has 100 valence electrons. The third-order valence-electron chi connectivity index (χ3n) is 2.79. The highest BCUT2D eigenvalue weighted by atomic mass is 35.5. The SMILES string of the molecule is Cc1cccc(C(=O)Nc2cc(Cl)ccc2C#N)c1Cl. The Morgan fingerprint density at radius 2 is 2.00 bits per heavy atom. The van der Waals surface area contributed by atoms with E-state index < -0.39 is 0 Å². The third-order valence-corrected chi connectivity index (χ3v) is 3.52. The summed E-state index contributed by atoms with van der Waals surface area (Å²) in [6, 6.07) is 11.9. The molecule has 0 aliphatic heterocycles. The van der Waals surface area contributed by atoms with Crippen LogP contribution in [0.2, 0.25) is 10.0 Å². The summed E-state index contributed by atoms with van der Waals surface area (Å²) in [5, 5.41) is 12.5. The van der Waals surface area contributed by atoms with Crippen LogP contribution in [0.5, 0.6) is 0 Å². The molecule has 2 aromatic carbocycles. The summed E-state index contributed by atoms with van der Waals surface area (Å²) in [6.45, 7) is 1.82.